The molecule has 2 heteroatoms. The lowest BCUT2D eigenvalue weighted by atomic mass is 9.88. The lowest BCUT2D eigenvalue weighted by Crippen LogP contribution is -2.39. The molecule has 1 aliphatic heterocycles. The van der Waals surface area contributed by atoms with E-state index in [-0.39, 0.29) is 0 Å². The van der Waals surface area contributed by atoms with E-state index in [9.17, 15) is 0 Å². The quantitative estimate of drug-likeness (QED) is 0.515. The smallest absolute Gasteiger partial charge is 0.0134 e. The van der Waals surface area contributed by atoms with E-state index in [1.807, 2.05) is 5.01 Å². The average Bonchev–Trinajstić information content (AvgIpc) is 2.06. The minimum atomic E-state index is 0.741. The van der Waals surface area contributed by atoms with Gasteiger partial charge < -0.3 is 0 Å². The minimum absolute atomic E-state index is 0.741. The highest BCUT2D eigenvalue weighted by Crippen LogP contribution is 2.24. The zero-order valence-corrected chi connectivity index (χ0v) is 8.05. The van der Waals surface area contributed by atoms with Gasteiger partial charge in [0.2, 0.25) is 0 Å². The van der Waals surface area contributed by atoms with Gasteiger partial charge in [-0.1, -0.05) is 25.5 Å². The molecule has 0 unspecified atom stereocenters. The van der Waals surface area contributed by atoms with E-state index in [4.69, 9.17) is 5.84 Å². The van der Waals surface area contributed by atoms with Crippen LogP contribution in [0.3, 0.4) is 0 Å². The van der Waals surface area contributed by atoms with Gasteiger partial charge in [-0.3, -0.25) is 5.84 Å². The molecule has 0 radical (unpaired) electrons. The summed E-state index contributed by atoms with van der Waals surface area (Å²) in [7, 11) is 0. The number of allylic oxidation sites excluding steroid dienone is 1. The van der Waals surface area contributed by atoms with E-state index < -0.39 is 0 Å². The minimum Gasteiger partial charge on any atom is -0.269 e. The molecule has 1 fully saturated rings. The highest BCUT2D eigenvalue weighted by Gasteiger charge is 2.18. The van der Waals surface area contributed by atoms with Gasteiger partial charge >= 0.3 is 0 Å². The van der Waals surface area contributed by atoms with Gasteiger partial charge in [0, 0.05) is 13.1 Å². The molecule has 0 spiro atoms. The third-order valence-electron chi connectivity index (χ3n) is 2.68. The zero-order valence-electron chi connectivity index (χ0n) is 8.05. The summed E-state index contributed by atoms with van der Waals surface area (Å²) in [4.78, 5) is 0. The molecule has 1 aliphatic rings. The maximum absolute atomic E-state index is 5.67. The van der Waals surface area contributed by atoms with Crippen LogP contribution in [0.2, 0.25) is 0 Å². The van der Waals surface area contributed by atoms with Crippen LogP contribution in [0.5, 0.6) is 0 Å². The standard InChI is InChI=1S/C10H20N2/c1-3-4-9(2)10-5-7-12(11)8-6-10/h10H,2-8,11H2,1H3. The van der Waals surface area contributed by atoms with Crippen molar-refractivity contribution in [3.63, 3.8) is 0 Å². The number of nitrogens with two attached hydrogens (primary N) is 1. The van der Waals surface area contributed by atoms with Crippen molar-refractivity contribution in [1.29, 1.82) is 0 Å². The van der Waals surface area contributed by atoms with Crippen LogP contribution in [0.25, 0.3) is 0 Å². The number of piperidine rings is 1. The third-order valence-corrected chi connectivity index (χ3v) is 2.68. The molecular formula is C10H20N2. The highest BCUT2D eigenvalue weighted by molar-refractivity contribution is 5.01. The van der Waals surface area contributed by atoms with Gasteiger partial charge in [-0.25, -0.2) is 5.01 Å². The lowest BCUT2D eigenvalue weighted by Gasteiger charge is -2.29. The fourth-order valence-corrected chi connectivity index (χ4v) is 1.83. The molecule has 70 valence electrons. The average molecular weight is 168 g/mol. The second-order valence-corrected chi connectivity index (χ2v) is 3.72. The molecule has 2 N–H and O–H groups in total. The molecule has 0 atom stereocenters. The molecule has 0 aromatic carbocycles. The summed E-state index contributed by atoms with van der Waals surface area (Å²) >= 11 is 0. The van der Waals surface area contributed by atoms with Crippen molar-refractivity contribution in [3.8, 4) is 0 Å². The Morgan fingerprint density at radius 1 is 1.50 bits per heavy atom. The van der Waals surface area contributed by atoms with Crippen LogP contribution >= 0.6 is 0 Å². The van der Waals surface area contributed by atoms with E-state index in [2.05, 4.69) is 13.5 Å². The Labute approximate surface area is 75.4 Å². The van der Waals surface area contributed by atoms with Gasteiger partial charge in [-0.05, 0) is 25.2 Å². The number of hydrazine groups is 1. The van der Waals surface area contributed by atoms with E-state index >= 15 is 0 Å². The van der Waals surface area contributed by atoms with E-state index in [1.165, 1.54) is 31.3 Å². The molecular weight excluding hydrogens is 148 g/mol. The van der Waals surface area contributed by atoms with Gasteiger partial charge in [0.25, 0.3) is 0 Å². The van der Waals surface area contributed by atoms with Crippen LogP contribution in [0.15, 0.2) is 12.2 Å². The van der Waals surface area contributed by atoms with Crippen LogP contribution < -0.4 is 5.84 Å². The van der Waals surface area contributed by atoms with Crippen molar-refractivity contribution < 1.29 is 0 Å². The second-order valence-electron chi connectivity index (χ2n) is 3.72. The fraction of sp³-hybridized carbons (Fsp3) is 0.800. The Balaban J connectivity index is 2.29. The van der Waals surface area contributed by atoms with Crippen molar-refractivity contribution in [3.05, 3.63) is 12.2 Å². The number of hydrogen-bond acceptors (Lipinski definition) is 2. The van der Waals surface area contributed by atoms with Crippen LogP contribution in [-0.2, 0) is 0 Å². The molecule has 1 heterocycles. The summed E-state index contributed by atoms with van der Waals surface area (Å²) in [6, 6.07) is 0. The van der Waals surface area contributed by atoms with Crippen molar-refractivity contribution in [2.45, 2.75) is 32.6 Å². The normalized spacial score (nSPS) is 21.2. The van der Waals surface area contributed by atoms with Crippen LogP contribution in [0, 0.1) is 5.92 Å². The third kappa shape index (κ3) is 2.61. The molecule has 2 nitrogen and oxygen atoms in total. The topological polar surface area (TPSA) is 29.3 Å². The molecule has 0 amide bonds. The fourth-order valence-electron chi connectivity index (χ4n) is 1.83. The number of rotatable bonds is 3. The first-order valence-corrected chi connectivity index (χ1v) is 4.91. The predicted octanol–water partition coefficient (Wildman–Crippen LogP) is 1.93. The van der Waals surface area contributed by atoms with Crippen LogP contribution in [0.1, 0.15) is 32.6 Å². The number of hydrogen-bond donors (Lipinski definition) is 1. The molecule has 0 aliphatic carbocycles. The van der Waals surface area contributed by atoms with Crippen LogP contribution in [-0.4, -0.2) is 18.1 Å². The molecule has 1 saturated heterocycles. The predicted molar refractivity (Wildman–Crippen MR) is 52.5 cm³/mol. The Morgan fingerprint density at radius 3 is 2.58 bits per heavy atom. The summed E-state index contributed by atoms with van der Waals surface area (Å²) in [5.74, 6) is 6.42. The van der Waals surface area contributed by atoms with Crippen molar-refractivity contribution in [2.24, 2.45) is 11.8 Å². The zero-order chi connectivity index (χ0) is 8.97. The van der Waals surface area contributed by atoms with Crippen molar-refractivity contribution in [1.82, 2.24) is 5.01 Å². The SMILES string of the molecule is C=C(CCC)C1CCN(N)CC1. The van der Waals surface area contributed by atoms with Gasteiger partial charge in [-0.2, -0.15) is 0 Å². The molecule has 0 bridgehead atoms. The molecule has 1 rings (SSSR count). The summed E-state index contributed by atoms with van der Waals surface area (Å²) < 4.78 is 0. The van der Waals surface area contributed by atoms with E-state index in [1.54, 1.807) is 0 Å². The summed E-state index contributed by atoms with van der Waals surface area (Å²) in [6.45, 7) is 8.42. The maximum atomic E-state index is 5.67. The first-order valence-electron chi connectivity index (χ1n) is 4.91. The van der Waals surface area contributed by atoms with Crippen molar-refractivity contribution in [2.75, 3.05) is 13.1 Å². The molecule has 0 aromatic heterocycles. The lowest BCUT2D eigenvalue weighted by molar-refractivity contribution is 0.201. The van der Waals surface area contributed by atoms with E-state index in [0.29, 0.717) is 0 Å². The van der Waals surface area contributed by atoms with E-state index in [0.717, 1.165) is 19.0 Å². The van der Waals surface area contributed by atoms with Crippen LogP contribution in [0.4, 0.5) is 0 Å². The molecule has 12 heavy (non-hydrogen) atoms. The van der Waals surface area contributed by atoms with Gasteiger partial charge in [0.05, 0.1) is 0 Å². The Morgan fingerprint density at radius 2 is 2.08 bits per heavy atom. The monoisotopic (exact) mass is 168 g/mol. The first kappa shape index (κ1) is 9.75. The summed E-state index contributed by atoms with van der Waals surface area (Å²) in [5, 5.41) is 1.91. The van der Waals surface area contributed by atoms with Gasteiger partial charge in [0.15, 0.2) is 0 Å². The Hall–Kier alpha value is -0.340. The Bertz CT molecular complexity index is 146. The summed E-state index contributed by atoms with van der Waals surface area (Å²) in [5.41, 5.74) is 1.44. The maximum Gasteiger partial charge on any atom is 0.0134 e. The molecule has 0 aromatic rings. The number of nitrogens with zero attached hydrogens (tertiary/aromatic N) is 1. The summed E-state index contributed by atoms with van der Waals surface area (Å²) in [6.07, 6.45) is 4.82. The largest absolute Gasteiger partial charge is 0.269 e. The van der Waals surface area contributed by atoms with Gasteiger partial charge in [-0.15, -0.1) is 0 Å². The highest BCUT2D eigenvalue weighted by atomic mass is 15.4. The van der Waals surface area contributed by atoms with Gasteiger partial charge in [0.1, 0.15) is 0 Å². The second kappa shape index (κ2) is 4.63. The van der Waals surface area contributed by atoms with Crippen molar-refractivity contribution >= 4 is 0 Å². The first-order chi connectivity index (χ1) is 5.74. The molecule has 0 saturated carbocycles. The Kier molecular flexibility index (Phi) is 3.76.